The van der Waals surface area contributed by atoms with Crippen LogP contribution in [0.2, 0.25) is 0 Å². The molecule has 0 aliphatic heterocycles. The topological polar surface area (TPSA) is 0 Å². The molecule has 164 valence electrons. The second-order valence-electron chi connectivity index (χ2n) is 9.26. The van der Waals surface area contributed by atoms with Crippen molar-refractivity contribution in [1.82, 2.24) is 0 Å². The van der Waals surface area contributed by atoms with Crippen molar-refractivity contribution < 1.29 is 22.0 Å². The van der Waals surface area contributed by atoms with Gasteiger partial charge in [-0.2, -0.15) is 13.2 Å². The number of alkyl halides is 3. The standard InChI is InChI=1S/C24H33F5/c1-2-3-16-4-6-17(7-5-16)18-8-10-19(11-9-18)20-14-22(25)21(23(26)15-20)12-13-24(27,28)29/h14-19H,2-13H2,1H3/t16-,17-,18-,19-. The Morgan fingerprint density at radius 2 is 1.34 bits per heavy atom. The molecule has 29 heavy (non-hydrogen) atoms. The Labute approximate surface area is 171 Å². The minimum absolute atomic E-state index is 0.114. The first-order valence-corrected chi connectivity index (χ1v) is 11.3. The predicted octanol–water partition coefficient (Wildman–Crippen LogP) is 8.34. The normalized spacial score (nSPS) is 28.5. The van der Waals surface area contributed by atoms with Crippen LogP contribution in [0.15, 0.2) is 12.1 Å². The van der Waals surface area contributed by atoms with E-state index in [9.17, 15) is 22.0 Å². The molecule has 2 aliphatic carbocycles. The van der Waals surface area contributed by atoms with Crippen molar-refractivity contribution >= 4 is 0 Å². The lowest BCUT2D eigenvalue weighted by Crippen LogP contribution is -2.25. The Bertz CT molecular complexity index is 627. The molecule has 5 heteroatoms. The van der Waals surface area contributed by atoms with Crippen LogP contribution < -0.4 is 0 Å². The fourth-order valence-corrected chi connectivity index (χ4v) is 5.64. The lowest BCUT2D eigenvalue weighted by Gasteiger charge is -2.38. The molecule has 0 amide bonds. The van der Waals surface area contributed by atoms with Crippen LogP contribution in [-0.2, 0) is 6.42 Å². The third kappa shape index (κ3) is 6.18. The zero-order valence-electron chi connectivity index (χ0n) is 17.3. The van der Waals surface area contributed by atoms with Gasteiger partial charge in [0.2, 0.25) is 0 Å². The van der Waals surface area contributed by atoms with Crippen LogP contribution in [-0.4, -0.2) is 6.18 Å². The Morgan fingerprint density at radius 1 is 0.828 bits per heavy atom. The molecular formula is C24H33F5. The van der Waals surface area contributed by atoms with Gasteiger partial charge in [-0.25, -0.2) is 8.78 Å². The average Bonchev–Trinajstić information content (AvgIpc) is 2.67. The summed E-state index contributed by atoms with van der Waals surface area (Å²) < 4.78 is 65.7. The summed E-state index contributed by atoms with van der Waals surface area (Å²) in [6, 6.07) is 2.55. The van der Waals surface area contributed by atoms with Gasteiger partial charge in [0.25, 0.3) is 0 Å². The quantitative estimate of drug-likeness (QED) is 0.409. The van der Waals surface area contributed by atoms with Crippen LogP contribution in [0.1, 0.15) is 94.6 Å². The van der Waals surface area contributed by atoms with Crippen LogP contribution >= 0.6 is 0 Å². The summed E-state index contributed by atoms with van der Waals surface area (Å²) >= 11 is 0. The van der Waals surface area contributed by atoms with E-state index in [2.05, 4.69) is 6.92 Å². The lowest BCUT2D eigenvalue weighted by atomic mass is 9.68. The molecular weight excluding hydrogens is 383 g/mol. The zero-order chi connectivity index (χ0) is 21.0. The van der Waals surface area contributed by atoms with Gasteiger partial charge in [-0.15, -0.1) is 0 Å². The number of hydrogen-bond acceptors (Lipinski definition) is 0. The molecule has 0 saturated heterocycles. The fraction of sp³-hybridized carbons (Fsp3) is 0.750. The smallest absolute Gasteiger partial charge is 0.207 e. The summed E-state index contributed by atoms with van der Waals surface area (Å²) in [6.45, 7) is 2.25. The van der Waals surface area contributed by atoms with E-state index in [1.165, 1.54) is 50.7 Å². The summed E-state index contributed by atoms with van der Waals surface area (Å²) in [4.78, 5) is 0. The van der Waals surface area contributed by atoms with Gasteiger partial charge in [-0.05, 0) is 86.3 Å². The van der Waals surface area contributed by atoms with Crippen LogP contribution in [0.3, 0.4) is 0 Å². The molecule has 2 fully saturated rings. The first-order valence-electron chi connectivity index (χ1n) is 11.3. The molecule has 1 aromatic rings. The van der Waals surface area contributed by atoms with Gasteiger partial charge in [0.1, 0.15) is 11.6 Å². The van der Waals surface area contributed by atoms with Crippen molar-refractivity contribution in [2.75, 3.05) is 0 Å². The lowest BCUT2D eigenvalue weighted by molar-refractivity contribution is -0.134. The first-order chi connectivity index (χ1) is 13.8. The van der Waals surface area contributed by atoms with Crippen molar-refractivity contribution in [3.63, 3.8) is 0 Å². The van der Waals surface area contributed by atoms with Gasteiger partial charge in [0.15, 0.2) is 0 Å². The average molecular weight is 417 g/mol. The molecule has 0 spiro atoms. The maximum Gasteiger partial charge on any atom is 0.389 e. The van der Waals surface area contributed by atoms with E-state index in [4.69, 9.17) is 0 Å². The van der Waals surface area contributed by atoms with Crippen molar-refractivity contribution in [3.8, 4) is 0 Å². The maximum atomic E-state index is 14.3. The van der Waals surface area contributed by atoms with E-state index >= 15 is 0 Å². The molecule has 0 aromatic heterocycles. The Morgan fingerprint density at radius 3 is 1.83 bits per heavy atom. The molecule has 0 nitrogen and oxygen atoms in total. The number of benzene rings is 1. The highest BCUT2D eigenvalue weighted by Crippen LogP contribution is 2.44. The predicted molar refractivity (Wildman–Crippen MR) is 106 cm³/mol. The summed E-state index contributed by atoms with van der Waals surface area (Å²) in [5.41, 5.74) is 0.171. The van der Waals surface area contributed by atoms with Crippen LogP contribution in [0.5, 0.6) is 0 Å². The largest absolute Gasteiger partial charge is 0.389 e. The highest BCUT2D eigenvalue weighted by atomic mass is 19.4. The number of halogens is 5. The zero-order valence-corrected chi connectivity index (χ0v) is 17.3. The number of rotatable bonds is 6. The molecule has 0 unspecified atom stereocenters. The Kier molecular flexibility index (Phi) is 7.61. The molecule has 0 radical (unpaired) electrons. The van der Waals surface area contributed by atoms with E-state index in [1.807, 2.05) is 0 Å². The van der Waals surface area contributed by atoms with Crippen molar-refractivity contribution in [3.05, 3.63) is 34.9 Å². The van der Waals surface area contributed by atoms with Gasteiger partial charge >= 0.3 is 6.18 Å². The highest BCUT2D eigenvalue weighted by Gasteiger charge is 2.32. The van der Waals surface area contributed by atoms with E-state index < -0.39 is 36.2 Å². The Balaban J connectivity index is 1.54. The molecule has 2 saturated carbocycles. The Hall–Kier alpha value is -1.13. The van der Waals surface area contributed by atoms with E-state index in [0.29, 0.717) is 5.56 Å². The third-order valence-electron chi connectivity index (χ3n) is 7.32. The summed E-state index contributed by atoms with van der Waals surface area (Å²) in [6.07, 6.45) is 5.68. The molecule has 2 aliphatic rings. The third-order valence-corrected chi connectivity index (χ3v) is 7.32. The van der Waals surface area contributed by atoms with E-state index in [-0.39, 0.29) is 5.92 Å². The number of hydrogen-bond donors (Lipinski definition) is 0. The summed E-state index contributed by atoms with van der Waals surface area (Å²) in [5.74, 6) is 0.857. The molecule has 1 aromatic carbocycles. The summed E-state index contributed by atoms with van der Waals surface area (Å²) in [7, 11) is 0. The van der Waals surface area contributed by atoms with Crippen LogP contribution in [0.4, 0.5) is 22.0 Å². The van der Waals surface area contributed by atoms with Gasteiger partial charge < -0.3 is 0 Å². The maximum absolute atomic E-state index is 14.3. The first kappa shape index (κ1) is 22.6. The second-order valence-corrected chi connectivity index (χ2v) is 9.26. The molecule has 0 heterocycles. The van der Waals surface area contributed by atoms with Crippen LogP contribution in [0, 0.1) is 29.4 Å². The van der Waals surface area contributed by atoms with Crippen LogP contribution in [0.25, 0.3) is 0 Å². The van der Waals surface area contributed by atoms with Crippen molar-refractivity contribution in [2.24, 2.45) is 17.8 Å². The van der Waals surface area contributed by atoms with Gasteiger partial charge in [-0.1, -0.05) is 32.6 Å². The fourth-order valence-electron chi connectivity index (χ4n) is 5.64. The monoisotopic (exact) mass is 416 g/mol. The minimum Gasteiger partial charge on any atom is -0.207 e. The second kappa shape index (κ2) is 9.78. The highest BCUT2D eigenvalue weighted by molar-refractivity contribution is 5.29. The van der Waals surface area contributed by atoms with Gasteiger partial charge in [0, 0.05) is 12.0 Å². The van der Waals surface area contributed by atoms with Gasteiger partial charge in [0.05, 0.1) is 0 Å². The molecule has 0 N–H and O–H groups in total. The van der Waals surface area contributed by atoms with E-state index in [1.54, 1.807) is 0 Å². The van der Waals surface area contributed by atoms with E-state index in [0.717, 1.165) is 43.4 Å². The van der Waals surface area contributed by atoms with Crippen molar-refractivity contribution in [1.29, 1.82) is 0 Å². The minimum atomic E-state index is -4.41. The molecule has 0 bridgehead atoms. The SMILES string of the molecule is CCC[C@H]1CC[C@H]([C@H]2CC[C@H](c3cc(F)c(CCC(F)(F)F)c(F)c3)CC2)CC1. The summed E-state index contributed by atoms with van der Waals surface area (Å²) in [5, 5.41) is 0. The molecule has 0 atom stereocenters. The van der Waals surface area contributed by atoms with Gasteiger partial charge in [-0.3, -0.25) is 0 Å². The van der Waals surface area contributed by atoms with Crippen molar-refractivity contribution in [2.45, 2.75) is 96.1 Å². The molecule has 3 rings (SSSR count).